The van der Waals surface area contributed by atoms with Crippen LogP contribution in [0, 0.1) is 13.8 Å². The van der Waals surface area contributed by atoms with Crippen LogP contribution < -0.4 is 5.32 Å². The summed E-state index contributed by atoms with van der Waals surface area (Å²) in [7, 11) is 0. The summed E-state index contributed by atoms with van der Waals surface area (Å²) in [6.45, 7) is 4.08. The minimum atomic E-state index is -0.142. The molecule has 0 aliphatic carbocycles. The van der Waals surface area contributed by atoms with Crippen LogP contribution in [0.4, 0.5) is 5.69 Å². The molecule has 0 radical (unpaired) electrons. The first-order chi connectivity index (χ1) is 10.6. The Hall–Kier alpha value is -2.88. The summed E-state index contributed by atoms with van der Waals surface area (Å²) in [5, 5.41) is 2.94. The number of carbonyl (C=O) groups excluding carboxylic acids is 1. The summed E-state index contributed by atoms with van der Waals surface area (Å²) in [6, 6.07) is 13.3. The molecule has 0 aliphatic rings. The van der Waals surface area contributed by atoms with Gasteiger partial charge in [0.1, 0.15) is 5.69 Å². The fourth-order valence-corrected chi connectivity index (χ4v) is 2.30. The van der Waals surface area contributed by atoms with Gasteiger partial charge in [-0.05, 0) is 61.4 Å². The first-order valence-corrected chi connectivity index (χ1v) is 7.11. The van der Waals surface area contributed by atoms with Gasteiger partial charge in [0.2, 0.25) is 0 Å². The van der Waals surface area contributed by atoms with Gasteiger partial charge in [-0.1, -0.05) is 6.07 Å². The van der Waals surface area contributed by atoms with Crippen molar-refractivity contribution in [1.82, 2.24) is 9.55 Å². The lowest BCUT2D eigenvalue weighted by Crippen LogP contribution is -2.16. The lowest BCUT2D eigenvalue weighted by atomic mass is 10.1. The van der Waals surface area contributed by atoms with Crippen molar-refractivity contribution in [3.8, 4) is 5.69 Å². The largest absolute Gasteiger partial charge is 0.321 e. The number of pyridine rings is 1. The van der Waals surface area contributed by atoms with E-state index in [1.54, 1.807) is 18.5 Å². The Labute approximate surface area is 129 Å². The van der Waals surface area contributed by atoms with Gasteiger partial charge in [-0.15, -0.1) is 0 Å². The van der Waals surface area contributed by atoms with E-state index in [1.807, 2.05) is 54.1 Å². The van der Waals surface area contributed by atoms with Gasteiger partial charge in [0, 0.05) is 18.1 Å². The van der Waals surface area contributed by atoms with Crippen molar-refractivity contribution in [2.24, 2.45) is 0 Å². The summed E-state index contributed by atoms with van der Waals surface area (Å²) < 4.78 is 1.82. The number of hydrogen-bond acceptors (Lipinski definition) is 2. The molecule has 0 saturated heterocycles. The van der Waals surface area contributed by atoms with E-state index in [0.717, 1.165) is 16.9 Å². The molecule has 1 amide bonds. The highest BCUT2D eigenvalue weighted by Crippen LogP contribution is 2.17. The number of aromatic nitrogens is 2. The average Bonchev–Trinajstić information content (AvgIpc) is 3.01. The monoisotopic (exact) mass is 291 g/mol. The van der Waals surface area contributed by atoms with Gasteiger partial charge in [0.05, 0.1) is 11.9 Å². The number of hydrogen-bond donors (Lipinski definition) is 1. The first-order valence-electron chi connectivity index (χ1n) is 7.11. The second kappa shape index (κ2) is 5.85. The maximum atomic E-state index is 12.5. The Morgan fingerprint density at radius 1 is 1.09 bits per heavy atom. The predicted molar refractivity (Wildman–Crippen MR) is 87.4 cm³/mol. The SMILES string of the molecule is Cc1ccc(NC(=O)c2cccn2-c2cccnc2)cc1C. The number of anilines is 1. The van der Waals surface area contributed by atoms with Crippen molar-refractivity contribution in [3.05, 3.63) is 77.9 Å². The molecular formula is C18H17N3O. The van der Waals surface area contributed by atoms with Crippen LogP contribution >= 0.6 is 0 Å². The Bertz CT molecular complexity index is 806. The van der Waals surface area contributed by atoms with Crippen LogP contribution in [-0.2, 0) is 0 Å². The lowest BCUT2D eigenvalue weighted by Gasteiger charge is -2.10. The van der Waals surface area contributed by atoms with E-state index < -0.39 is 0 Å². The molecule has 2 heterocycles. The van der Waals surface area contributed by atoms with Crippen LogP contribution in [0.2, 0.25) is 0 Å². The molecule has 0 fully saturated rings. The van der Waals surface area contributed by atoms with E-state index in [0.29, 0.717) is 5.69 Å². The maximum absolute atomic E-state index is 12.5. The topological polar surface area (TPSA) is 46.9 Å². The van der Waals surface area contributed by atoms with Crippen LogP contribution in [0.5, 0.6) is 0 Å². The molecule has 0 unspecified atom stereocenters. The van der Waals surface area contributed by atoms with Gasteiger partial charge < -0.3 is 9.88 Å². The fraction of sp³-hybridized carbons (Fsp3) is 0.111. The number of nitrogens with zero attached hydrogens (tertiary/aromatic N) is 2. The van der Waals surface area contributed by atoms with E-state index in [9.17, 15) is 4.79 Å². The van der Waals surface area contributed by atoms with E-state index in [4.69, 9.17) is 0 Å². The van der Waals surface area contributed by atoms with E-state index in [2.05, 4.69) is 17.2 Å². The second-order valence-corrected chi connectivity index (χ2v) is 5.23. The van der Waals surface area contributed by atoms with E-state index >= 15 is 0 Å². The predicted octanol–water partition coefficient (Wildman–Crippen LogP) is 3.74. The summed E-state index contributed by atoms with van der Waals surface area (Å²) in [5.74, 6) is -0.142. The standard InChI is InChI=1S/C18H17N3O/c1-13-7-8-15(11-14(13)2)20-18(22)17-6-4-10-21(17)16-5-3-9-19-12-16/h3-12H,1-2H3,(H,20,22). The molecule has 0 aliphatic heterocycles. The van der Waals surface area contributed by atoms with Crippen molar-refractivity contribution in [2.75, 3.05) is 5.32 Å². The number of rotatable bonds is 3. The molecule has 110 valence electrons. The van der Waals surface area contributed by atoms with Crippen LogP contribution in [0.25, 0.3) is 5.69 Å². The van der Waals surface area contributed by atoms with Crippen LogP contribution in [-0.4, -0.2) is 15.5 Å². The number of amides is 1. The maximum Gasteiger partial charge on any atom is 0.272 e. The molecule has 22 heavy (non-hydrogen) atoms. The first kappa shape index (κ1) is 14.1. The molecule has 2 aromatic heterocycles. The summed E-state index contributed by atoms with van der Waals surface area (Å²) >= 11 is 0. The number of carbonyl (C=O) groups is 1. The molecule has 3 aromatic rings. The van der Waals surface area contributed by atoms with Gasteiger partial charge in [-0.3, -0.25) is 9.78 Å². The van der Waals surface area contributed by atoms with Crippen molar-refractivity contribution in [1.29, 1.82) is 0 Å². The van der Waals surface area contributed by atoms with Gasteiger partial charge >= 0.3 is 0 Å². The molecule has 0 bridgehead atoms. The average molecular weight is 291 g/mol. The number of aryl methyl sites for hydroxylation is 2. The molecule has 0 saturated carbocycles. The van der Waals surface area contributed by atoms with Gasteiger partial charge in [0.25, 0.3) is 5.91 Å². The van der Waals surface area contributed by atoms with E-state index in [1.165, 1.54) is 5.56 Å². The Kier molecular flexibility index (Phi) is 3.74. The molecule has 1 N–H and O–H groups in total. The Balaban J connectivity index is 1.87. The fourth-order valence-electron chi connectivity index (χ4n) is 2.30. The highest BCUT2D eigenvalue weighted by molar-refractivity contribution is 6.03. The summed E-state index contributed by atoms with van der Waals surface area (Å²) in [6.07, 6.45) is 5.29. The van der Waals surface area contributed by atoms with Crippen LogP contribution in [0.1, 0.15) is 21.6 Å². The lowest BCUT2D eigenvalue weighted by molar-refractivity contribution is 0.102. The zero-order valence-electron chi connectivity index (χ0n) is 12.6. The quantitative estimate of drug-likeness (QED) is 0.799. The van der Waals surface area contributed by atoms with Gasteiger partial charge in [0.15, 0.2) is 0 Å². The molecule has 0 spiro atoms. The van der Waals surface area contributed by atoms with Crippen molar-refractivity contribution in [3.63, 3.8) is 0 Å². The molecule has 4 heteroatoms. The minimum absolute atomic E-state index is 0.142. The Morgan fingerprint density at radius 3 is 2.68 bits per heavy atom. The van der Waals surface area contributed by atoms with Crippen molar-refractivity contribution in [2.45, 2.75) is 13.8 Å². The third-order valence-electron chi connectivity index (χ3n) is 3.67. The van der Waals surface area contributed by atoms with Crippen LogP contribution in [0.3, 0.4) is 0 Å². The van der Waals surface area contributed by atoms with Gasteiger partial charge in [-0.25, -0.2) is 0 Å². The van der Waals surface area contributed by atoms with Gasteiger partial charge in [-0.2, -0.15) is 0 Å². The molecule has 4 nitrogen and oxygen atoms in total. The van der Waals surface area contributed by atoms with Crippen molar-refractivity contribution >= 4 is 11.6 Å². The zero-order chi connectivity index (χ0) is 15.5. The third kappa shape index (κ3) is 2.76. The smallest absolute Gasteiger partial charge is 0.272 e. The summed E-state index contributed by atoms with van der Waals surface area (Å²) in [5.41, 5.74) is 4.59. The molecule has 1 aromatic carbocycles. The van der Waals surface area contributed by atoms with Crippen LogP contribution in [0.15, 0.2) is 61.1 Å². The normalized spacial score (nSPS) is 10.5. The second-order valence-electron chi connectivity index (χ2n) is 5.23. The highest BCUT2D eigenvalue weighted by Gasteiger charge is 2.12. The molecule has 0 atom stereocenters. The number of benzene rings is 1. The van der Waals surface area contributed by atoms with E-state index in [-0.39, 0.29) is 5.91 Å². The zero-order valence-corrected chi connectivity index (χ0v) is 12.6. The van der Waals surface area contributed by atoms with Crippen molar-refractivity contribution < 1.29 is 4.79 Å². The third-order valence-corrected chi connectivity index (χ3v) is 3.67. The summed E-state index contributed by atoms with van der Waals surface area (Å²) in [4.78, 5) is 16.6. The highest BCUT2D eigenvalue weighted by atomic mass is 16.1. The Morgan fingerprint density at radius 2 is 1.95 bits per heavy atom. The number of nitrogens with one attached hydrogen (secondary N) is 1. The minimum Gasteiger partial charge on any atom is -0.321 e. The molecule has 3 rings (SSSR count). The molecular weight excluding hydrogens is 274 g/mol.